The summed E-state index contributed by atoms with van der Waals surface area (Å²) in [5.74, 6) is -1.26. The van der Waals surface area contributed by atoms with Crippen LogP contribution in [0.1, 0.15) is 129 Å². The maximum atomic E-state index is 12.3. The van der Waals surface area contributed by atoms with Crippen molar-refractivity contribution in [2.45, 2.75) is 117 Å². The second-order valence-electron chi connectivity index (χ2n) is 10.1. The lowest BCUT2D eigenvalue weighted by atomic mass is 10.0. The lowest BCUT2D eigenvalue weighted by Gasteiger charge is -2.15. The van der Waals surface area contributed by atoms with Crippen LogP contribution in [0.5, 0.6) is 0 Å². The first kappa shape index (κ1) is 31.5. The van der Waals surface area contributed by atoms with Gasteiger partial charge >= 0.3 is 11.9 Å². The van der Waals surface area contributed by atoms with Gasteiger partial charge in [-0.1, -0.05) is 119 Å². The molecule has 0 saturated carbocycles. The Morgan fingerprint density at radius 2 is 0.895 bits per heavy atom. The predicted molar refractivity (Wildman–Crippen MR) is 149 cm³/mol. The standard InChI is InChI=1S/C32H46O6/c1-4-5-6-7-8-9-10-11-12-13-14-15-16-17-30(35-37-31(33)28-22-18-26(2)19-23-28)36-38-32(34)29-24-20-27(3)21-25-29/h18-25,30H,4-17H2,1-3H3. The van der Waals surface area contributed by atoms with Crippen molar-refractivity contribution in [2.24, 2.45) is 0 Å². The van der Waals surface area contributed by atoms with Crippen LogP contribution < -0.4 is 0 Å². The Balaban J connectivity index is 1.69. The third kappa shape index (κ3) is 13.7. The van der Waals surface area contributed by atoms with Crippen LogP contribution in [0.15, 0.2) is 48.5 Å². The quantitative estimate of drug-likeness (QED) is 0.0742. The summed E-state index contributed by atoms with van der Waals surface area (Å²) in [6.45, 7) is 6.13. The number of carbonyl (C=O) groups excluding carboxylic acids is 2. The van der Waals surface area contributed by atoms with E-state index in [0.29, 0.717) is 17.5 Å². The van der Waals surface area contributed by atoms with E-state index in [4.69, 9.17) is 19.6 Å². The molecule has 0 aliphatic rings. The van der Waals surface area contributed by atoms with E-state index in [0.717, 1.165) is 30.4 Å². The molecule has 0 saturated heterocycles. The second-order valence-corrected chi connectivity index (χ2v) is 10.1. The third-order valence-corrected chi connectivity index (χ3v) is 6.58. The zero-order valence-electron chi connectivity index (χ0n) is 23.5. The van der Waals surface area contributed by atoms with E-state index in [1.165, 1.54) is 64.2 Å². The van der Waals surface area contributed by atoms with Gasteiger partial charge in [-0.3, -0.25) is 9.78 Å². The predicted octanol–water partition coefficient (Wildman–Crippen LogP) is 8.99. The van der Waals surface area contributed by atoms with Crippen molar-refractivity contribution in [3.63, 3.8) is 0 Å². The minimum Gasteiger partial charge on any atom is -0.290 e. The van der Waals surface area contributed by atoms with Crippen LogP contribution in [0.25, 0.3) is 0 Å². The van der Waals surface area contributed by atoms with Gasteiger partial charge in [-0.15, -0.1) is 9.78 Å². The Kier molecular flexibility index (Phi) is 16.1. The summed E-state index contributed by atoms with van der Waals surface area (Å²) in [5.41, 5.74) is 2.81. The number of unbranched alkanes of at least 4 members (excludes halogenated alkanes) is 12. The second kappa shape index (κ2) is 19.4. The van der Waals surface area contributed by atoms with Crippen molar-refractivity contribution in [1.29, 1.82) is 0 Å². The molecular formula is C32H46O6. The van der Waals surface area contributed by atoms with Gasteiger partial charge in [0.25, 0.3) is 0 Å². The minimum atomic E-state index is -1.01. The van der Waals surface area contributed by atoms with Gasteiger partial charge in [0.1, 0.15) is 0 Å². The first-order chi connectivity index (χ1) is 18.5. The highest BCUT2D eigenvalue weighted by molar-refractivity contribution is 5.89. The molecule has 6 heteroatoms. The Labute approximate surface area is 228 Å². The highest BCUT2D eigenvalue weighted by atomic mass is 17.3. The Bertz CT molecular complexity index is 845. The van der Waals surface area contributed by atoms with Gasteiger partial charge in [-0.05, 0) is 44.5 Å². The van der Waals surface area contributed by atoms with Gasteiger partial charge in [0.15, 0.2) is 0 Å². The molecule has 0 fully saturated rings. The van der Waals surface area contributed by atoms with Gasteiger partial charge in [0.2, 0.25) is 6.29 Å². The number of hydrogen-bond acceptors (Lipinski definition) is 6. The Morgan fingerprint density at radius 3 is 1.26 bits per heavy atom. The summed E-state index contributed by atoms with van der Waals surface area (Å²) in [7, 11) is 0. The molecule has 0 aliphatic carbocycles. The fourth-order valence-corrected chi connectivity index (χ4v) is 4.11. The SMILES string of the molecule is CCCCCCCCCCCCCCCC(OOC(=O)c1ccc(C)cc1)OOC(=O)c1ccc(C)cc1. The van der Waals surface area contributed by atoms with Gasteiger partial charge in [0.05, 0.1) is 11.1 Å². The molecule has 2 aromatic carbocycles. The summed E-state index contributed by atoms with van der Waals surface area (Å²) in [6.07, 6.45) is 15.6. The molecule has 0 radical (unpaired) electrons. The first-order valence-electron chi connectivity index (χ1n) is 14.4. The topological polar surface area (TPSA) is 71.1 Å². The molecule has 0 spiro atoms. The number of carbonyl (C=O) groups is 2. The van der Waals surface area contributed by atoms with Crippen molar-refractivity contribution in [2.75, 3.05) is 0 Å². The van der Waals surface area contributed by atoms with Crippen LogP contribution in [-0.4, -0.2) is 18.2 Å². The zero-order chi connectivity index (χ0) is 27.4. The van der Waals surface area contributed by atoms with Crippen LogP contribution in [0.2, 0.25) is 0 Å². The van der Waals surface area contributed by atoms with Crippen molar-refractivity contribution in [1.82, 2.24) is 0 Å². The average molecular weight is 527 g/mol. The minimum absolute atomic E-state index is 0.368. The van der Waals surface area contributed by atoms with Gasteiger partial charge in [-0.2, -0.15) is 0 Å². The van der Waals surface area contributed by atoms with Crippen LogP contribution in [0.4, 0.5) is 0 Å². The normalized spacial score (nSPS) is 11.1. The molecule has 0 atom stereocenters. The van der Waals surface area contributed by atoms with Crippen LogP contribution in [-0.2, 0) is 19.6 Å². The van der Waals surface area contributed by atoms with Crippen LogP contribution in [0, 0.1) is 13.8 Å². The molecule has 2 aromatic rings. The molecule has 0 bridgehead atoms. The van der Waals surface area contributed by atoms with E-state index < -0.39 is 18.2 Å². The number of benzene rings is 2. The molecule has 0 aromatic heterocycles. The van der Waals surface area contributed by atoms with E-state index >= 15 is 0 Å². The highest BCUT2D eigenvalue weighted by Crippen LogP contribution is 2.16. The molecule has 0 aliphatic heterocycles. The summed E-state index contributed by atoms with van der Waals surface area (Å²) < 4.78 is 0. The smallest absolute Gasteiger partial charge is 0.290 e. The molecule has 0 amide bonds. The molecular weight excluding hydrogens is 480 g/mol. The van der Waals surface area contributed by atoms with Crippen molar-refractivity contribution < 1.29 is 29.1 Å². The molecule has 210 valence electrons. The first-order valence-corrected chi connectivity index (χ1v) is 14.4. The van der Waals surface area contributed by atoms with E-state index in [9.17, 15) is 9.59 Å². The number of rotatable bonds is 20. The molecule has 0 heterocycles. The van der Waals surface area contributed by atoms with Crippen molar-refractivity contribution in [3.8, 4) is 0 Å². The Morgan fingerprint density at radius 1 is 0.553 bits per heavy atom. The van der Waals surface area contributed by atoms with E-state index in [-0.39, 0.29) is 0 Å². The molecule has 6 nitrogen and oxygen atoms in total. The average Bonchev–Trinajstić information content (AvgIpc) is 2.92. The lowest BCUT2D eigenvalue weighted by molar-refractivity contribution is -0.421. The van der Waals surface area contributed by atoms with Gasteiger partial charge < -0.3 is 0 Å². The fourth-order valence-electron chi connectivity index (χ4n) is 4.11. The van der Waals surface area contributed by atoms with Gasteiger partial charge in [-0.25, -0.2) is 9.59 Å². The molecule has 0 unspecified atom stereocenters. The van der Waals surface area contributed by atoms with Gasteiger partial charge in [0, 0.05) is 6.42 Å². The monoisotopic (exact) mass is 526 g/mol. The van der Waals surface area contributed by atoms with Crippen molar-refractivity contribution in [3.05, 3.63) is 70.8 Å². The largest absolute Gasteiger partial charge is 0.373 e. The summed E-state index contributed by atoms with van der Waals surface area (Å²) >= 11 is 0. The van der Waals surface area contributed by atoms with E-state index in [1.807, 2.05) is 38.1 Å². The van der Waals surface area contributed by atoms with Crippen molar-refractivity contribution >= 4 is 11.9 Å². The molecule has 0 N–H and O–H groups in total. The van der Waals surface area contributed by atoms with Crippen LogP contribution in [0.3, 0.4) is 0 Å². The molecule has 2 rings (SSSR count). The summed E-state index contributed by atoms with van der Waals surface area (Å²) in [6, 6.07) is 14.0. The van der Waals surface area contributed by atoms with E-state index in [1.54, 1.807) is 24.3 Å². The van der Waals surface area contributed by atoms with E-state index in [2.05, 4.69) is 6.92 Å². The maximum absolute atomic E-state index is 12.3. The highest BCUT2D eigenvalue weighted by Gasteiger charge is 2.19. The third-order valence-electron chi connectivity index (χ3n) is 6.58. The number of aryl methyl sites for hydroxylation is 2. The maximum Gasteiger partial charge on any atom is 0.373 e. The lowest BCUT2D eigenvalue weighted by Crippen LogP contribution is -2.22. The Hall–Kier alpha value is -2.70. The summed E-state index contributed by atoms with van der Waals surface area (Å²) in [5, 5.41) is 0. The molecule has 38 heavy (non-hydrogen) atoms. The zero-order valence-corrected chi connectivity index (χ0v) is 23.5. The van der Waals surface area contributed by atoms with Crippen LogP contribution >= 0.6 is 0 Å². The number of hydrogen-bond donors (Lipinski definition) is 0. The fraction of sp³-hybridized carbons (Fsp3) is 0.562. The summed E-state index contributed by atoms with van der Waals surface area (Å²) in [4.78, 5) is 45.1.